The van der Waals surface area contributed by atoms with Crippen molar-refractivity contribution in [1.29, 1.82) is 0 Å². The summed E-state index contributed by atoms with van der Waals surface area (Å²) >= 11 is 0. The number of hydrogen-bond donors (Lipinski definition) is 1. The smallest absolute Gasteiger partial charge is 0.326 e. The second kappa shape index (κ2) is 4.75. The molecule has 0 spiro atoms. The predicted octanol–water partition coefficient (Wildman–Crippen LogP) is 1.18. The summed E-state index contributed by atoms with van der Waals surface area (Å²) in [5, 5.41) is 8.92. The molecule has 7 heteroatoms. The normalized spacial score (nSPS) is 18.7. The van der Waals surface area contributed by atoms with E-state index in [2.05, 4.69) is 0 Å². The SMILES string of the molecule is O=C(O)C1CCC(=O)N1C(=O)c1ccc(F)c(F)c1. The zero-order chi connectivity index (χ0) is 14.2. The van der Waals surface area contributed by atoms with Crippen molar-refractivity contribution < 1.29 is 28.3 Å². The van der Waals surface area contributed by atoms with Crippen LogP contribution in [0.15, 0.2) is 18.2 Å². The first kappa shape index (κ1) is 13.1. The van der Waals surface area contributed by atoms with Crippen molar-refractivity contribution in [2.24, 2.45) is 0 Å². The summed E-state index contributed by atoms with van der Waals surface area (Å²) in [5.41, 5.74) is -0.264. The maximum Gasteiger partial charge on any atom is 0.326 e. The van der Waals surface area contributed by atoms with E-state index in [4.69, 9.17) is 5.11 Å². The number of carbonyl (C=O) groups is 3. The average Bonchev–Trinajstić information content (AvgIpc) is 2.74. The van der Waals surface area contributed by atoms with Crippen LogP contribution < -0.4 is 0 Å². The molecule has 1 saturated heterocycles. The van der Waals surface area contributed by atoms with Gasteiger partial charge in [-0.15, -0.1) is 0 Å². The number of rotatable bonds is 2. The Labute approximate surface area is 106 Å². The fourth-order valence-corrected chi connectivity index (χ4v) is 1.94. The molecule has 1 fully saturated rings. The van der Waals surface area contributed by atoms with Crippen LogP contribution in [0.1, 0.15) is 23.2 Å². The molecule has 1 aromatic carbocycles. The second-order valence-corrected chi connectivity index (χ2v) is 4.09. The van der Waals surface area contributed by atoms with Crippen molar-refractivity contribution in [2.45, 2.75) is 18.9 Å². The Balaban J connectivity index is 2.34. The number of carboxylic acid groups (broad SMARTS) is 1. The molecule has 1 atom stereocenters. The Morgan fingerprint density at radius 3 is 2.53 bits per heavy atom. The van der Waals surface area contributed by atoms with Crippen LogP contribution >= 0.6 is 0 Å². The Morgan fingerprint density at radius 2 is 1.95 bits per heavy atom. The highest BCUT2D eigenvalue weighted by Gasteiger charge is 2.40. The summed E-state index contributed by atoms with van der Waals surface area (Å²) in [4.78, 5) is 35.0. The Hall–Kier alpha value is -2.31. The van der Waals surface area contributed by atoms with E-state index in [1.807, 2.05) is 0 Å². The standard InChI is InChI=1S/C12H9F2NO4/c13-7-2-1-6(5-8(7)14)11(17)15-9(12(18)19)3-4-10(15)16/h1-2,5,9H,3-4H2,(H,18,19). The first-order valence-electron chi connectivity index (χ1n) is 5.46. The molecule has 2 rings (SSSR count). The molecule has 1 unspecified atom stereocenters. The summed E-state index contributed by atoms with van der Waals surface area (Å²) < 4.78 is 25.8. The highest BCUT2D eigenvalue weighted by molar-refractivity contribution is 6.08. The second-order valence-electron chi connectivity index (χ2n) is 4.09. The monoisotopic (exact) mass is 269 g/mol. The number of nitrogens with zero attached hydrogens (tertiary/aromatic N) is 1. The molecular weight excluding hydrogens is 260 g/mol. The van der Waals surface area contributed by atoms with Crippen molar-refractivity contribution in [1.82, 2.24) is 4.90 Å². The van der Waals surface area contributed by atoms with E-state index in [0.29, 0.717) is 11.0 Å². The molecule has 19 heavy (non-hydrogen) atoms. The molecule has 0 aromatic heterocycles. The quantitative estimate of drug-likeness (QED) is 0.818. The first-order valence-corrected chi connectivity index (χ1v) is 5.46. The van der Waals surface area contributed by atoms with Crippen molar-refractivity contribution >= 4 is 17.8 Å². The van der Waals surface area contributed by atoms with Gasteiger partial charge in [-0.05, 0) is 24.6 Å². The fourth-order valence-electron chi connectivity index (χ4n) is 1.94. The third-order valence-corrected chi connectivity index (χ3v) is 2.88. The number of halogens is 2. The maximum atomic E-state index is 13.0. The van der Waals surface area contributed by atoms with Crippen LogP contribution in [-0.4, -0.2) is 33.8 Å². The largest absolute Gasteiger partial charge is 0.480 e. The van der Waals surface area contributed by atoms with Gasteiger partial charge in [-0.1, -0.05) is 0 Å². The zero-order valence-corrected chi connectivity index (χ0v) is 9.60. The predicted molar refractivity (Wildman–Crippen MR) is 58.2 cm³/mol. The summed E-state index contributed by atoms with van der Waals surface area (Å²) in [6, 6.07) is 1.14. The number of aliphatic carboxylic acids is 1. The van der Waals surface area contributed by atoms with Gasteiger partial charge in [-0.25, -0.2) is 13.6 Å². The molecule has 0 saturated carbocycles. The fraction of sp³-hybridized carbons (Fsp3) is 0.250. The van der Waals surface area contributed by atoms with Gasteiger partial charge in [-0.3, -0.25) is 14.5 Å². The van der Waals surface area contributed by atoms with E-state index >= 15 is 0 Å². The molecule has 2 amide bonds. The zero-order valence-electron chi connectivity index (χ0n) is 9.60. The summed E-state index contributed by atoms with van der Waals surface area (Å²) in [7, 11) is 0. The van der Waals surface area contributed by atoms with E-state index in [-0.39, 0.29) is 18.4 Å². The van der Waals surface area contributed by atoms with E-state index in [0.717, 1.165) is 12.1 Å². The molecule has 1 aliphatic rings. The lowest BCUT2D eigenvalue weighted by Gasteiger charge is -2.19. The van der Waals surface area contributed by atoms with E-state index in [1.165, 1.54) is 0 Å². The van der Waals surface area contributed by atoms with Crippen LogP contribution in [0.4, 0.5) is 8.78 Å². The summed E-state index contributed by atoms with van der Waals surface area (Å²) in [6.07, 6.45) is -0.0457. The number of amides is 2. The molecular formula is C12H9F2NO4. The van der Waals surface area contributed by atoms with Gasteiger partial charge in [0.1, 0.15) is 6.04 Å². The maximum absolute atomic E-state index is 13.0. The first-order chi connectivity index (χ1) is 8.91. The van der Waals surface area contributed by atoms with Gasteiger partial charge in [-0.2, -0.15) is 0 Å². The van der Waals surface area contributed by atoms with Gasteiger partial charge in [0.2, 0.25) is 5.91 Å². The van der Waals surface area contributed by atoms with Crippen molar-refractivity contribution in [3.05, 3.63) is 35.4 Å². The molecule has 1 aliphatic heterocycles. The van der Waals surface area contributed by atoms with Crippen LogP contribution in [0.3, 0.4) is 0 Å². The lowest BCUT2D eigenvalue weighted by molar-refractivity contribution is -0.144. The van der Waals surface area contributed by atoms with Crippen molar-refractivity contribution in [2.75, 3.05) is 0 Å². The molecule has 0 radical (unpaired) electrons. The Bertz CT molecular complexity index is 573. The Morgan fingerprint density at radius 1 is 1.26 bits per heavy atom. The third-order valence-electron chi connectivity index (χ3n) is 2.88. The number of carboxylic acids is 1. The lowest BCUT2D eigenvalue weighted by Crippen LogP contribution is -2.42. The van der Waals surface area contributed by atoms with Crippen molar-refractivity contribution in [3.8, 4) is 0 Å². The van der Waals surface area contributed by atoms with Gasteiger partial charge < -0.3 is 5.11 Å². The summed E-state index contributed by atoms with van der Waals surface area (Å²) in [5.74, 6) is -5.24. The minimum Gasteiger partial charge on any atom is -0.480 e. The minimum absolute atomic E-state index is 0.0174. The number of likely N-dealkylation sites (tertiary alicyclic amines) is 1. The molecule has 0 bridgehead atoms. The molecule has 1 aromatic rings. The van der Waals surface area contributed by atoms with E-state index in [9.17, 15) is 23.2 Å². The van der Waals surface area contributed by atoms with Crippen LogP contribution in [-0.2, 0) is 9.59 Å². The van der Waals surface area contributed by atoms with Crippen LogP contribution in [0, 0.1) is 11.6 Å². The van der Waals surface area contributed by atoms with E-state index in [1.54, 1.807) is 0 Å². The van der Waals surface area contributed by atoms with Gasteiger partial charge in [0.05, 0.1) is 0 Å². The van der Waals surface area contributed by atoms with Gasteiger partial charge in [0.15, 0.2) is 11.6 Å². The molecule has 0 aliphatic carbocycles. The lowest BCUT2D eigenvalue weighted by atomic mass is 10.1. The number of hydrogen-bond acceptors (Lipinski definition) is 3. The molecule has 100 valence electrons. The number of imide groups is 1. The summed E-state index contributed by atoms with van der Waals surface area (Å²) in [6.45, 7) is 0. The highest BCUT2D eigenvalue weighted by Crippen LogP contribution is 2.22. The van der Waals surface area contributed by atoms with Crippen molar-refractivity contribution in [3.63, 3.8) is 0 Å². The minimum atomic E-state index is -1.30. The van der Waals surface area contributed by atoms with E-state index < -0.39 is 35.5 Å². The highest BCUT2D eigenvalue weighted by atomic mass is 19.2. The molecule has 5 nitrogen and oxygen atoms in total. The topological polar surface area (TPSA) is 74.7 Å². The van der Waals surface area contributed by atoms with Gasteiger partial charge in [0, 0.05) is 12.0 Å². The van der Waals surface area contributed by atoms with Gasteiger partial charge in [0.25, 0.3) is 5.91 Å². The molecule has 1 N–H and O–H groups in total. The van der Waals surface area contributed by atoms with Crippen LogP contribution in [0.5, 0.6) is 0 Å². The Kier molecular flexibility index (Phi) is 3.28. The number of carbonyl (C=O) groups excluding carboxylic acids is 2. The number of benzene rings is 1. The van der Waals surface area contributed by atoms with Crippen LogP contribution in [0.25, 0.3) is 0 Å². The average molecular weight is 269 g/mol. The third kappa shape index (κ3) is 2.31. The van der Waals surface area contributed by atoms with Crippen LogP contribution in [0.2, 0.25) is 0 Å². The molecule has 1 heterocycles. The van der Waals surface area contributed by atoms with Gasteiger partial charge >= 0.3 is 5.97 Å².